The van der Waals surface area contributed by atoms with E-state index in [1.54, 1.807) is 18.2 Å². The maximum absolute atomic E-state index is 12.8. The minimum atomic E-state index is -0.152. The summed E-state index contributed by atoms with van der Waals surface area (Å²) in [6.45, 7) is 1.98. The Labute approximate surface area is 192 Å². The van der Waals surface area contributed by atoms with E-state index >= 15 is 0 Å². The highest BCUT2D eigenvalue weighted by Gasteiger charge is 2.27. The standard InChI is InChI=1S/C21H19BrCl2N4O2/c22-15-5-1-3-13(9-15)20-26-19(30-27-20)12-28-8-2-4-14(11-28)21(29)25-18-10-16(23)6-7-17(18)24/h1,3,5-7,9-10,14H,2,4,8,11-12H2,(H,25,29). The van der Waals surface area contributed by atoms with Crippen LogP contribution < -0.4 is 5.32 Å². The number of anilines is 1. The molecule has 2 aromatic carbocycles. The number of carbonyl (C=O) groups is 1. The summed E-state index contributed by atoms with van der Waals surface area (Å²) >= 11 is 15.6. The van der Waals surface area contributed by atoms with Crippen LogP contribution in [0, 0.1) is 5.92 Å². The van der Waals surface area contributed by atoms with Crippen molar-refractivity contribution in [3.63, 3.8) is 0 Å². The molecule has 1 fully saturated rings. The summed E-state index contributed by atoms with van der Waals surface area (Å²) in [7, 11) is 0. The summed E-state index contributed by atoms with van der Waals surface area (Å²) < 4.78 is 6.39. The lowest BCUT2D eigenvalue weighted by atomic mass is 9.97. The van der Waals surface area contributed by atoms with Gasteiger partial charge in [-0.2, -0.15) is 4.98 Å². The topological polar surface area (TPSA) is 71.3 Å². The molecule has 0 saturated carbocycles. The van der Waals surface area contributed by atoms with E-state index in [-0.39, 0.29) is 11.8 Å². The summed E-state index contributed by atoms with van der Waals surface area (Å²) in [5.74, 6) is 0.864. The lowest BCUT2D eigenvalue weighted by molar-refractivity contribution is -0.121. The van der Waals surface area contributed by atoms with Crippen molar-refractivity contribution in [1.29, 1.82) is 0 Å². The van der Waals surface area contributed by atoms with Crippen LogP contribution in [0.2, 0.25) is 10.0 Å². The van der Waals surface area contributed by atoms with Crippen LogP contribution in [0.5, 0.6) is 0 Å². The Hall–Kier alpha value is -1.93. The van der Waals surface area contributed by atoms with E-state index in [9.17, 15) is 4.79 Å². The fourth-order valence-electron chi connectivity index (χ4n) is 3.50. The zero-order valence-electron chi connectivity index (χ0n) is 15.9. The zero-order chi connectivity index (χ0) is 21.1. The predicted molar refractivity (Wildman–Crippen MR) is 121 cm³/mol. The Morgan fingerprint density at radius 2 is 2.13 bits per heavy atom. The second-order valence-corrected chi connectivity index (χ2v) is 8.97. The van der Waals surface area contributed by atoms with Crippen LogP contribution in [0.4, 0.5) is 5.69 Å². The minimum Gasteiger partial charge on any atom is -0.338 e. The molecule has 2 heterocycles. The third kappa shape index (κ3) is 5.21. The number of nitrogens with zero attached hydrogens (tertiary/aromatic N) is 3. The molecule has 3 aromatic rings. The molecule has 156 valence electrons. The number of hydrogen-bond donors (Lipinski definition) is 1. The van der Waals surface area contributed by atoms with Gasteiger partial charge in [-0.15, -0.1) is 0 Å². The molecule has 1 aliphatic heterocycles. The zero-order valence-corrected chi connectivity index (χ0v) is 19.0. The highest BCUT2D eigenvalue weighted by molar-refractivity contribution is 9.10. The molecule has 9 heteroatoms. The number of rotatable bonds is 5. The van der Waals surface area contributed by atoms with Crippen molar-refractivity contribution in [3.05, 3.63) is 62.9 Å². The Balaban J connectivity index is 1.38. The number of halogens is 3. The molecule has 1 aromatic heterocycles. The minimum absolute atomic E-state index is 0.0655. The molecule has 1 N–H and O–H groups in total. The fraction of sp³-hybridized carbons (Fsp3) is 0.286. The number of carbonyl (C=O) groups excluding carboxylic acids is 1. The number of nitrogens with one attached hydrogen (secondary N) is 1. The van der Waals surface area contributed by atoms with Crippen LogP contribution in [0.15, 0.2) is 51.5 Å². The number of likely N-dealkylation sites (tertiary alicyclic amines) is 1. The molecule has 1 atom stereocenters. The molecule has 30 heavy (non-hydrogen) atoms. The van der Waals surface area contributed by atoms with Gasteiger partial charge in [-0.05, 0) is 49.7 Å². The first kappa shape index (κ1) is 21.3. The van der Waals surface area contributed by atoms with Gasteiger partial charge in [0.05, 0.1) is 23.2 Å². The predicted octanol–water partition coefficient (Wildman–Crippen LogP) is 5.66. The number of aromatic nitrogens is 2. The average molecular weight is 510 g/mol. The Kier molecular flexibility index (Phi) is 6.73. The van der Waals surface area contributed by atoms with Crippen LogP contribution in [0.25, 0.3) is 11.4 Å². The van der Waals surface area contributed by atoms with Gasteiger partial charge in [0.2, 0.25) is 17.6 Å². The number of benzene rings is 2. The van der Waals surface area contributed by atoms with Gasteiger partial charge in [-0.1, -0.05) is 56.4 Å². The van der Waals surface area contributed by atoms with Crippen molar-refractivity contribution < 1.29 is 9.32 Å². The molecule has 1 amide bonds. The van der Waals surface area contributed by atoms with E-state index in [1.807, 2.05) is 24.3 Å². The van der Waals surface area contributed by atoms with Crippen LogP contribution in [-0.4, -0.2) is 34.0 Å². The molecule has 1 aliphatic rings. The number of piperidine rings is 1. The molecule has 0 bridgehead atoms. The van der Waals surface area contributed by atoms with Gasteiger partial charge in [0.15, 0.2) is 0 Å². The molecule has 0 spiro atoms. The molecule has 4 rings (SSSR count). The largest absolute Gasteiger partial charge is 0.338 e. The Bertz CT molecular complexity index is 1060. The first-order valence-electron chi connectivity index (χ1n) is 9.55. The second kappa shape index (κ2) is 9.47. The maximum Gasteiger partial charge on any atom is 0.241 e. The average Bonchev–Trinajstić information content (AvgIpc) is 3.19. The van der Waals surface area contributed by atoms with Crippen LogP contribution in [-0.2, 0) is 11.3 Å². The Morgan fingerprint density at radius 1 is 1.27 bits per heavy atom. The second-order valence-electron chi connectivity index (χ2n) is 7.21. The van der Waals surface area contributed by atoms with Crippen molar-refractivity contribution in [3.8, 4) is 11.4 Å². The lowest BCUT2D eigenvalue weighted by Gasteiger charge is -2.30. The third-order valence-electron chi connectivity index (χ3n) is 4.97. The van der Waals surface area contributed by atoms with Gasteiger partial charge < -0.3 is 9.84 Å². The molecular weight excluding hydrogens is 491 g/mol. The van der Waals surface area contributed by atoms with Crippen LogP contribution in [0.3, 0.4) is 0 Å². The molecule has 0 radical (unpaired) electrons. The molecule has 6 nitrogen and oxygen atoms in total. The van der Waals surface area contributed by atoms with E-state index in [1.165, 1.54) is 0 Å². The Morgan fingerprint density at radius 3 is 2.97 bits per heavy atom. The van der Waals surface area contributed by atoms with Crippen molar-refractivity contribution in [1.82, 2.24) is 15.0 Å². The fourth-order valence-corrected chi connectivity index (χ4v) is 4.23. The molecule has 0 aliphatic carbocycles. The van der Waals surface area contributed by atoms with E-state index < -0.39 is 0 Å². The van der Waals surface area contributed by atoms with Crippen molar-refractivity contribution in [2.45, 2.75) is 19.4 Å². The first-order valence-corrected chi connectivity index (χ1v) is 11.1. The van der Waals surface area contributed by atoms with Crippen LogP contribution in [0.1, 0.15) is 18.7 Å². The van der Waals surface area contributed by atoms with Gasteiger partial charge in [-0.3, -0.25) is 9.69 Å². The highest BCUT2D eigenvalue weighted by Crippen LogP contribution is 2.27. The van der Waals surface area contributed by atoms with Crippen molar-refractivity contribution >= 4 is 50.7 Å². The smallest absolute Gasteiger partial charge is 0.241 e. The molecule has 1 unspecified atom stereocenters. The summed E-state index contributed by atoms with van der Waals surface area (Å²) in [5.41, 5.74) is 1.41. The van der Waals surface area contributed by atoms with Gasteiger partial charge in [0.1, 0.15) is 0 Å². The SMILES string of the molecule is O=C(Nc1cc(Cl)ccc1Cl)C1CCCN(Cc2nc(-c3cccc(Br)c3)no2)C1. The summed E-state index contributed by atoms with van der Waals surface area (Å²) in [6.07, 6.45) is 1.72. The van der Waals surface area contributed by atoms with E-state index in [2.05, 4.69) is 36.3 Å². The van der Waals surface area contributed by atoms with Crippen molar-refractivity contribution in [2.24, 2.45) is 5.92 Å². The number of amides is 1. The first-order chi connectivity index (χ1) is 14.5. The van der Waals surface area contributed by atoms with Gasteiger partial charge in [0.25, 0.3) is 0 Å². The normalized spacial score (nSPS) is 17.1. The van der Waals surface area contributed by atoms with Gasteiger partial charge >= 0.3 is 0 Å². The number of hydrogen-bond acceptors (Lipinski definition) is 5. The van der Waals surface area contributed by atoms with E-state index in [0.29, 0.717) is 40.5 Å². The third-order valence-corrected chi connectivity index (χ3v) is 6.03. The van der Waals surface area contributed by atoms with Crippen molar-refractivity contribution in [2.75, 3.05) is 18.4 Å². The van der Waals surface area contributed by atoms with Crippen LogP contribution >= 0.6 is 39.1 Å². The van der Waals surface area contributed by atoms with E-state index in [4.69, 9.17) is 27.7 Å². The summed E-state index contributed by atoms with van der Waals surface area (Å²) in [5, 5.41) is 7.97. The van der Waals surface area contributed by atoms with E-state index in [0.717, 1.165) is 29.4 Å². The maximum atomic E-state index is 12.8. The summed E-state index contributed by atoms with van der Waals surface area (Å²) in [4.78, 5) is 19.4. The van der Waals surface area contributed by atoms with Gasteiger partial charge in [-0.25, -0.2) is 0 Å². The quantitative estimate of drug-likeness (QED) is 0.480. The summed E-state index contributed by atoms with van der Waals surface area (Å²) in [6, 6.07) is 12.8. The van der Waals surface area contributed by atoms with Gasteiger partial charge in [0, 0.05) is 21.6 Å². The molecule has 1 saturated heterocycles. The highest BCUT2D eigenvalue weighted by atomic mass is 79.9. The monoisotopic (exact) mass is 508 g/mol. The molecular formula is C21H19BrCl2N4O2. The lowest BCUT2D eigenvalue weighted by Crippen LogP contribution is -2.40.